The summed E-state index contributed by atoms with van der Waals surface area (Å²) in [4.78, 5) is 40.1. The van der Waals surface area contributed by atoms with Gasteiger partial charge in [0.1, 0.15) is 5.82 Å². The fraction of sp³-hybridized carbons (Fsp3) is 0.0455. The van der Waals surface area contributed by atoms with E-state index in [1.165, 1.54) is 30.3 Å². The summed E-state index contributed by atoms with van der Waals surface area (Å²) >= 11 is 30.7. The van der Waals surface area contributed by atoms with Crippen LogP contribution in [0.5, 0.6) is 0 Å². The molecule has 0 spiro atoms. The molecular formula is C22H10Cl5FN2O3. The molecule has 0 saturated heterocycles. The number of carbonyl (C=O) groups excluding carboxylic acids is 3. The average Bonchev–Trinajstić information content (AvgIpc) is 3.06. The third kappa shape index (κ3) is 3.96. The van der Waals surface area contributed by atoms with E-state index in [0.29, 0.717) is 5.01 Å². The van der Waals surface area contributed by atoms with Gasteiger partial charge in [-0.1, -0.05) is 88.3 Å². The minimum absolute atomic E-state index is 0.0136. The Balaban J connectivity index is 1.88. The molecule has 3 aromatic carbocycles. The zero-order chi connectivity index (χ0) is 24.0. The molecule has 0 aliphatic carbocycles. The molecule has 3 amide bonds. The second-order valence-electron chi connectivity index (χ2n) is 6.86. The molecule has 0 unspecified atom stereocenters. The van der Waals surface area contributed by atoms with Gasteiger partial charge in [0.15, 0.2) is 0 Å². The highest BCUT2D eigenvalue weighted by Gasteiger charge is 2.46. The van der Waals surface area contributed by atoms with E-state index in [2.05, 4.69) is 0 Å². The number of hydrogen-bond donors (Lipinski definition) is 0. The van der Waals surface area contributed by atoms with Crippen LogP contribution in [0.15, 0.2) is 48.5 Å². The minimum atomic E-state index is -0.975. The van der Waals surface area contributed by atoms with Crippen molar-refractivity contribution in [2.75, 3.05) is 0 Å². The van der Waals surface area contributed by atoms with Gasteiger partial charge in [-0.3, -0.25) is 14.4 Å². The van der Waals surface area contributed by atoms with Crippen molar-refractivity contribution in [3.63, 3.8) is 0 Å². The summed E-state index contributed by atoms with van der Waals surface area (Å²) in [6.45, 7) is -0.473. The number of benzene rings is 3. The van der Waals surface area contributed by atoms with Crippen LogP contribution in [0.25, 0.3) is 0 Å². The molecule has 0 atom stereocenters. The largest absolute Gasteiger partial charge is 0.282 e. The van der Waals surface area contributed by atoms with E-state index in [4.69, 9.17) is 58.0 Å². The number of hydrazine groups is 1. The monoisotopic (exact) mass is 544 g/mol. The number of rotatable bonds is 4. The van der Waals surface area contributed by atoms with Crippen LogP contribution >= 0.6 is 58.0 Å². The van der Waals surface area contributed by atoms with Crippen LogP contribution in [0.1, 0.15) is 36.6 Å². The first-order chi connectivity index (χ1) is 15.6. The zero-order valence-corrected chi connectivity index (χ0v) is 20.0. The van der Waals surface area contributed by atoms with Crippen LogP contribution in [0.3, 0.4) is 0 Å². The first kappa shape index (κ1) is 23.8. The van der Waals surface area contributed by atoms with Gasteiger partial charge in [0.25, 0.3) is 17.7 Å². The Kier molecular flexibility index (Phi) is 6.58. The van der Waals surface area contributed by atoms with Gasteiger partial charge >= 0.3 is 0 Å². The molecule has 3 aromatic rings. The first-order valence-electron chi connectivity index (χ1n) is 9.19. The maximum absolute atomic E-state index is 14.4. The Morgan fingerprint density at radius 1 is 0.788 bits per heavy atom. The van der Waals surface area contributed by atoms with E-state index in [1.807, 2.05) is 0 Å². The van der Waals surface area contributed by atoms with E-state index in [-0.39, 0.29) is 47.4 Å². The van der Waals surface area contributed by atoms with Gasteiger partial charge in [-0.15, -0.1) is 0 Å². The summed E-state index contributed by atoms with van der Waals surface area (Å²) in [6.07, 6.45) is 0. The smallest absolute Gasteiger partial charge is 0.267 e. The standard InChI is InChI=1S/C22H10Cl5FN2O3/c23-12-7-3-2-6-11(12)20(31)29(9-10-5-1-4-8-13(10)28)30-21(32)14-15(22(30)33)17(25)19(27)18(26)16(14)24/h1-8H,9H2. The number of imide groups is 1. The van der Waals surface area contributed by atoms with Gasteiger partial charge in [0.05, 0.1) is 48.3 Å². The van der Waals surface area contributed by atoms with Crippen LogP contribution in [-0.2, 0) is 6.54 Å². The molecule has 1 aliphatic rings. The van der Waals surface area contributed by atoms with Gasteiger partial charge in [-0.25, -0.2) is 9.40 Å². The molecule has 1 aliphatic heterocycles. The third-order valence-electron chi connectivity index (χ3n) is 4.94. The normalized spacial score (nSPS) is 12.8. The minimum Gasteiger partial charge on any atom is -0.267 e. The van der Waals surface area contributed by atoms with Gasteiger partial charge in [0, 0.05) is 5.56 Å². The number of amides is 3. The Hall–Kier alpha value is -2.35. The second kappa shape index (κ2) is 9.12. The van der Waals surface area contributed by atoms with Crippen molar-refractivity contribution in [3.8, 4) is 0 Å². The van der Waals surface area contributed by atoms with Crippen molar-refractivity contribution in [3.05, 3.63) is 102 Å². The number of carbonyl (C=O) groups is 3. The molecule has 5 nitrogen and oxygen atoms in total. The van der Waals surface area contributed by atoms with Crippen molar-refractivity contribution in [2.45, 2.75) is 6.54 Å². The molecule has 0 saturated carbocycles. The zero-order valence-electron chi connectivity index (χ0n) is 16.2. The average molecular weight is 547 g/mol. The van der Waals surface area contributed by atoms with E-state index in [0.717, 1.165) is 5.01 Å². The predicted molar refractivity (Wildman–Crippen MR) is 125 cm³/mol. The molecule has 0 aromatic heterocycles. The van der Waals surface area contributed by atoms with Crippen molar-refractivity contribution < 1.29 is 18.8 Å². The Labute approximate surface area is 212 Å². The summed E-state index contributed by atoms with van der Waals surface area (Å²) in [7, 11) is 0. The van der Waals surface area contributed by atoms with E-state index >= 15 is 0 Å². The summed E-state index contributed by atoms with van der Waals surface area (Å²) in [5, 5.41) is 0.355. The molecule has 33 heavy (non-hydrogen) atoms. The van der Waals surface area contributed by atoms with Crippen molar-refractivity contribution in [1.29, 1.82) is 0 Å². The Morgan fingerprint density at radius 3 is 1.85 bits per heavy atom. The molecule has 11 heteroatoms. The maximum Gasteiger partial charge on any atom is 0.282 e. The van der Waals surface area contributed by atoms with Crippen LogP contribution in [0, 0.1) is 5.82 Å². The van der Waals surface area contributed by atoms with E-state index < -0.39 is 30.1 Å². The summed E-state index contributed by atoms with van der Waals surface area (Å²) in [5.74, 6) is -3.43. The molecule has 1 heterocycles. The second-order valence-corrected chi connectivity index (χ2v) is 8.78. The number of nitrogens with zero attached hydrogens (tertiary/aromatic N) is 2. The first-order valence-corrected chi connectivity index (χ1v) is 11.1. The highest BCUT2D eigenvalue weighted by Crippen LogP contribution is 2.45. The highest BCUT2D eigenvalue weighted by atomic mass is 35.5. The van der Waals surface area contributed by atoms with Crippen LogP contribution in [0.4, 0.5) is 4.39 Å². The van der Waals surface area contributed by atoms with Crippen LogP contribution in [-0.4, -0.2) is 27.7 Å². The fourth-order valence-electron chi connectivity index (χ4n) is 3.35. The lowest BCUT2D eigenvalue weighted by Gasteiger charge is -2.30. The molecule has 0 bridgehead atoms. The highest BCUT2D eigenvalue weighted by molar-refractivity contribution is 6.55. The quantitative estimate of drug-likeness (QED) is 0.202. The Bertz CT molecular complexity index is 1300. The van der Waals surface area contributed by atoms with Gasteiger partial charge in [-0.2, -0.15) is 5.01 Å². The predicted octanol–water partition coefficient (Wildman–Crippen LogP) is 6.95. The maximum atomic E-state index is 14.4. The Morgan fingerprint density at radius 2 is 1.30 bits per heavy atom. The summed E-state index contributed by atoms with van der Waals surface area (Å²) in [6, 6.07) is 11.6. The van der Waals surface area contributed by atoms with E-state index in [9.17, 15) is 18.8 Å². The lowest BCUT2D eigenvalue weighted by atomic mass is 10.1. The fourth-order valence-corrected chi connectivity index (χ4v) is 4.58. The number of halogens is 6. The van der Waals surface area contributed by atoms with Crippen molar-refractivity contribution in [2.24, 2.45) is 0 Å². The lowest BCUT2D eigenvalue weighted by Crippen LogP contribution is -2.49. The summed E-state index contributed by atoms with van der Waals surface area (Å²) < 4.78 is 14.4. The number of hydrogen-bond acceptors (Lipinski definition) is 3. The summed E-state index contributed by atoms with van der Waals surface area (Å²) in [5.41, 5.74) is -0.596. The number of fused-ring (bicyclic) bond motifs is 1. The molecule has 0 N–H and O–H groups in total. The molecular weight excluding hydrogens is 537 g/mol. The van der Waals surface area contributed by atoms with Crippen molar-refractivity contribution in [1.82, 2.24) is 10.0 Å². The van der Waals surface area contributed by atoms with Gasteiger partial charge < -0.3 is 0 Å². The van der Waals surface area contributed by atoms with Gasteiger partial charge in [0.2, 0.25) is 0 Å². The molecule has 0 fully saturated rings. The van der Waals surface area contributed by atoms with Crippen molar-refractivity contribution >= 4 is 75.7 Å². The SMILES string of the molecule is O=C(c1ccccc1Cl)N(Cc1ccccc1F)N1C(=O)c2c(Cl)c(Cl)c(Cl)c(Cl)c2C1=O. The molecule has 0 radical (unpaired) electrons. The van der Waals surface area contributed by atoms with Crippen LogP contribution in [0.2, 0.25) is 25.1 Å². The third-order valence-corrected chi connectivity index (χ3v) is 7.07. The lowest BCUT2D eigenvalue weighted by molar-refractivity contribution is 0.000563. The molecule has 168 valence electrons. The topological polar surface area (TPSA) is 57.7 Å². The van der Waals surface area contributed by atoms with E-state index in [1.54, 1.807) is 18.2 Å². The van der Waals surface area contributed by atoms with Gasteiger partial charge in [-0.05, 0) is 18.2 Å². The molecule has 4 rings (SSSR count). The van der Waals surface area contributed by atoms with Crippen LogP contribution < -0.4 is 0 Å².